The molecule has 0 aliphatic heterocycles. The van der Waals surface area contributed by atoms with E-state index in [0.29, 0.717) is 11.1 Å². The molecule has 0 aromatic heterocycles. The molecular formula is C12H32O2Si3. The van der Waals surface area contributed by atoms with Gasteiger partial charge in [-0.3, -0.25) is 0 Å². The second-order valence-electron chi connectivity index (χ2n) is 7.46. The summed E-state index contributed by atoms with van der Waals surface area (Å²) < 4.78 is 13.2. The van der Waals surface area contributed by atoms with E-state index in [9.17, 15) is 0 Å². The SMILES string of the molecule is CC(C)[Si](O[Si](C)(C)C)(O[Si](C)(C)C)C(C)C. The van der Waals surface area contributed by atoms with Gasteiger partial charge in [-0.2, -0.15) is 0 Å². The van der Waals surface area contributed by atoms with Crippen LogP contribution in [0.1, 0.15) is 27.7 Å². The van der Waals surface area contributed by atoms with Crippen LogP contribution in [0.5, 0.6) is 0 Å². The summed E-state index contributed by atoms with van der Waals surface area (Å²) in [6, 6.07) is 0. The third-order valence-corrected chi connectivity index (χ3v) is 13.2. The highest BCUT2D eigenvalue weighted by molar-refractivity contribution is 6.89. The van der Waals surface area contributed by atoms with E-state index < -0.39 is 25.2 Å². The fourth-order valence-electron chi connectivity index (χ4n) is 2.12. The van der Waals surface area contributed by atoms with Gasteiger partial charge in [0.25, 0.3) is 0 Å². The fourth-order valence-corrected chi connectivity index (χ4v) is 15.4. The van der Waals surface area contributed by atoms with Crippen molar-refractivity contribution in [3.05, 3.63) is 0 Å². The van der Waals surface area contributed by atoms with E-state index in [1.54, 1.807) is 0 Å². The first-order valence-corrected chi connectivity index (χ1v) is 15.5. The second kappa shape index (κ2) is 5.69. The predicted molar refractivity (Wildman–Crippen MR) is 84.8 cm³/mol. The predicted octanol–water partition coefficient (Wildman–Crippen LogP) is 4.95. The van der Waals surface area contributed by atoms with Crippen molar-refractivity contribution in [2.45, 2.75) is 78.1 Å². The van der Waals surface area contributed by atoms with Crippen LogP contribution in [0.15, 0.2) is 0 Å². The van der Waals surface area contributed by atoms with E-state index in [0.717, 1.165) is 0 Å². The van der Waals surface area contributed by atoms with E-state index >= 15 is 0 Å². The van der Waals surface area contributed by atoms with Gasteiger partial charge in [0.15, 0.2) is 16.6 Å². The summed E-state index contributed by atoms with van der Waals surface area (Å²) >= 11 is 0. The van der Waals surface area contributed by atoms with Crippen molar-refractivity contribution in [3.63, 3.8) is 0 Å². The molecule has 0 rings (SSSR count). The van der Waals surface area contributed by atoms with E-state index in [-0.39, 0.29) is 0 Å². The second-order valence-corrected chi connectivity index (χ2v) is 21.3. The molecule has 0 bridgehead atoms. The van der Waals surface area contributed by atoms with Crippen molar-refractivity contribution >= 4 is 25.2 Å². The van der Waals surface area contributed by atoms with Gasteiger partial charge in [0.1, 0.15) is 0 Å². The topological polar surface area (TPSA) is 18.5 Å². The van der Waals surface area contributed by atoms with E-state index in [4.69, 9.17) is 8.23 Å². The van der Waals surface area contributed by atoms with E-state index in [1.165, 1.54) is 0 Å². The molecule has 0 unspecified atom stereocenters. The number of hydrogen-bond donors (Lipinski definition) is 0. The molecular weight excluding hydrogens is 260 g/mol. The van der Waals surface area contributed by atoms with Crippen LogP contribution < -0.4 is 0 Å². The highest BCUT2D eigenvalue weighted by Crippen LogP contribution is 2.38. The molecule has 0 heterocycles. The first-order chi connectivity index (χ1) is 7.30. The Morgan fingerprint density at radius 2 is 0.824 bits per heavy atom. The lowest BCUT2D eigenvalue weighted by Crippen LogP contribution is -2.58. The van der Waals surface area contributed by atoms with Crippen molar-refractivity contribution in [2.75, 3.05) is 0 Å². The highest BCUT2D eigenvalue weighted by atomic mass is 28.5. The van der Waals surface area contributed by atoms with Gasteiger partial charge in [0.2, 0.25) is 0 Å². The van der Waals surface area contributed by atoms with Crippen LogP contribution in [0.4, 0.5) is 0 Å². The summed E-state index contributed by atoms with van der Waals surface area (Å²) in [5.74, 6) is 0. The summed E-state index contributed by atoms with van der Waals surface area (Å²) in [5, 5.41) is 0. The van der Waals surface area contributed by atoms with Crippen molar-refractivity contribution in [2.24, 2.45) is 0 Å². The van der Waals surface area contributed by atoms with Crippen LogP contribution in [0, 0.1) is 0 Å². The first-order valence-electron chi connectivity index (χ1n) is 6.70. The molecule has 0 aliphatic rings. The van der Waals surface area contributed by atoms with Crippen LogP contribution >= 0.6 is 0 Å². The quantitative estimate of drug-likeness (QED) is 0.645. The standard InChI is InChI=1S/C12H32O2Si3/c1-11(2)17(12(3)4,13-15(5,6)7)14-16(8,9)10/h11-12H,1-10H3. The molecule has 2 nitrogen and oxygen atoms in total. The Bertz CT molecular complexity index is 213. The lowest BCUT2D eigenvalue weighted by atomic mass is 10.5. The molecule has 17 heavy (non-hydrogen) atoms. The van der Waals surface area contributed by atoms with Crippen LogP contribution in [-0.2, 0) is 8.23 Å². The monoisotopic (exact) mass is 292 g/mol. The molecule has 104 valence electrons. The van der Waals surface area contributed by atoms with Crippen LogP contribution in [0.2, 0.25) is 50.4 Å². The maximum Gasteiger partial charge on any atom is 0.322 e. The van der Waals surface area contributed by atoms with Crippen molar-refractivity contribution in [1.29, 1.82) is 0 Å². The third kappa shape index (κ3) is 5.83. The molecule has 0 saturated heterocycles. The average Bonchev–Trinajstić information content (AvgIpc) is 1.96. The largest absolute Gasteiger partial charge is 0.436 e. The maximum absolute atomic E-state index is 6.61. The highest BCUT2D eigenvalue weighted by Gasteiger charge is 2.49. The Morgan fingerprint density at radius 3 is 0.941 bits per heavy atom. The molecule has 5 heteroatoms. The first kappa shape index (κ1) is 17.6. The Kier molecular flexibility index (Phi) is 5.88. The zero-order chi connectivity index (χ0) is 14.1. The minimum Gasteiger partial charge on any atom is -0.436 e. The molecule has 0 aromatic rings. The van der Waals surface area contributed by atoms with Gasteiger partial charge in [-0.05, 0) is 50.4 Å². The lowest BCUT2D eigenvalue weighted by molar-refractivity contribution is 0.345. The van der Waals surface area contributed by atoms with Gasteiger partial charge in [0, 0.05) is 0 Å². The van der Waals surface area contributed by atoms with Crippen molar-refractivity contribution in [1.82, 2.24) is 0 Å². The van der Waals surface area contributed by atoms with E-state index in [2.05, 4.69) is 67.0 Å². The minimum absolute atomic E-state index is 0.515. The fraction of sp³-hybridized carbons (Fsp3) is 1.00. The Morgan fingerprint density at radius 1 is 0.588 bits per heavy atom. The summed E-state index contributed by atoms with van der Waals surface area (Å²) in [6.07, 6.45) is 0. The zero-order valence-electron chi connectivity index (χ0n) is 13.5. The summed E-state index contributed by atoms with van der Waals surface area (Å²) in [7, 11) is -5.22. The van der Waals surface area contributed by atoms with Gasteiger partial charge in [-0.25, -0.2) is 0 Å². The summed E-state index contributed by atoms with van der Waals surface area (Å²) in [5.41, 5.74) is 1.03. The summed E-state index contributed by atoms with van der Waals surface area (Å²) in [4.78, 5) is 0. The van der Waals surface area contributed by atoms with Gasteiger partial charge in [0.05, 0.1) is 0 Å². The molecule has 0 spiro atoms. The zero-order valence-corrected chi connectivity index (χ0v) is 16.5. The molecule has 0 aliphatic carbocycles. The Balaban J connectivity index is 5.30. The molecule has 0 fully saturated rings. The Labute approximate surface area is 112 Å². The third-order valence-electron chi connectivity index (χ3n) is 2.54. The molecule has 0 aromatic carbocycles. The van der Waals surface area contributed by atoms with Gasteiger partial charge < -0.3 is 8.23 Å². The van der Waals surface area contributed by atoms with Gasteiger partial charge >= 0.3 is 8.56 Å². The van der Waals surface area contributed by atoms with Gasteiger partial charge in [-0.15, -0.1) is 0 Å². The smallest absolute Gasteiger partial charge is 0.322 e. The number of hydrogen-bond acceptors (Lipinski definition) is 2. The van der Waals surface area contributed by atoms with Crippen LogP contribution in [-0.4, -0.2) is 25.2 Å². The van der Waals surface area contributed by atoms with Crippen LogP contribution in [0.3, 0.4) is 0 Å². The van der Waals surface area contributed by atoms with Gasteiger partial charge in [-0.1, -0.05) is 27.7 Å². The molecule has 0 atom stereocenters. The lowest BCUT2D eigenvalue weighted by Gasteiger charge is -2.45. The van der Waals surface area contributed by atoms with Crippen LogP contribution in [0.25, 0.3) is 0 Å². The average molecular weight is 293 g/mol. The Hall–Kier alpha value is 0.571. The molecule has 0 N–H and O–H groups in total. The van der Waals surface area contributed by atoms with Crippen molar-refractivity contribution in [3.8, 4) is 0 Å². The maximum atomic E-state index is 6.61. The molecule has 0 saturated carbocycles. The normalized spacial score (nSPS) is 14.8. The number of rotatable bonds is 6. The summed E-state index contributed by atoms with van der Waals surface area (Å²) in [6.45, 7) is 22.7. The van der Waals surface area contributed by atoms with Crippen molar-refractivity contribution < 1.29 is 8.23 Å². The molecule has 0 radical (unpaired) electrons. The minimum atomic E-state index is -2.10. The van der Waals surface area contributed by atoms with E-state index in [1.807, 2.05) is 0 Å². The molecule has 0 amide bonds.